The minimum Gasteiger partial charge on any atom is -0.379 e. The van der Waals surface area contributed by atoms with Gasteiger partial charge in [0.15, 0.2) is 0 Å². The molecule has 0 aromatic heterocycles. The Morgan fingerprint density at radius 2 is 0.838 bits per heavy atom. The van der Waals surface area contributed by atoms with E-state index in [2.05, 4.69) is 38.4 Å². The molecule has 4 aliphatic rings. The van der Waals surface area contributed by atoms with E-state index in [4.69, 9.17) is 18.9 Å². The molecule has 16 nitrogen and oxygen atoms in total. The van der Waals surface area contributed by atoms with Crippen molar-refractivity contribution in [3.05, 3.63) is 65.2 Å². The van der Waals surface area contributed by atoms with Crippen LogP contribution in [0.4, 0.5) is 5.69 Å². The largest absolute Gasteiger partial charge is 0.379 e. The third-order valence-electron chi connectivity index (χ3n) is 15.9. The van der Waals surface area contributed by atoms with E-state index < -0.39 is 5.54 Å². The van der Waals surface area contributed by atoms with Crippen molar-refractivity contribution in [2.45, 2.75) is 223 Å². The van der Waals surface area contributed by atoms with Crippen LogP contribution in [0.25, 0.3) is 0 Å². The van der Waals surface area contributed by atoms with Crippen LogP contribution in [-0.4, -0.2) is 119 Å². The van der Waals surface area contributed by atoms with Gasteiger partial charge in [0.05, 0.1) is 65.1 Å². The monoisotopic (exact) mass is 1110 g/mol. The zero-order chi connectivity index (χ0) is 56.3. The number of amides is 6. The molecule has 3 fully saturated rings. The van der Waals surface area contributed by atoms with Gasteiger partial charge in [0, 0.05) is 74.3 Å². The summed E-state index contributed by atoms with van der Waals surface area (Å²) in [5.41, 5.74) is 2.01. The van der Waals surface area contributed by atoms with Crippen LogP contribution in [0.2, 0.25) is 0 Å². The fraction of sp³-hybridized carbons (Fsp3) is 0.688. The highest BCUT2D eigenvalue weighted by Crippen LogP contribution is 2.27. The second-order valence-corrected chi connectivity index (χ2v) is 22.7. The minimum atomic E-state index is -1.25. The van der Waals surface area contributed by atoms with Crippen molar-refractivity contribution >= 4 is 41.1 Å². The predicted octanol–water partition coefficient (Wildman–Crippen LogP) is 9.17. The van der Waals surface area contributed by atoms with Gasteiger partial charge in [0.1, 0.15) is 5.54 Å². The number of hydrogen-bond donors (Lipinski definition) is 5. The van der Waals surface area contributed by atoms with E-state index in [0.29, 0.717) is 12.2 Å². The Bertz CT molecular complexity index is 2120. The van der Waals surface area contributed by atoms with Crippen molar-refractivity contribution in [2.24, 2.45) is 0 Å². The summed E-state index contributed by atoms with van der Waals surface area (Å²) >= 11 is 0. The highest BCUT2D eigenvalue weighted by Gasteiger charge is 2.34. The average Bonchev–Trinajstić information content (AvgIpc) is 3.76. The number of anilines is 1. The van der Waals surface area contributed by atoms with Crippen LogP contribution in [0.1, 0.15) is 209 Å². The first-order valence-electron chi connectivity index (χ1n) is 30.9. The number of carbonyl (C=O) groups is 6. The standard InChI is InChI=1S/C64H96N6O10/c71-58(35-36-63(76)70-47-53-25-20-19-23-51(53)33-34-52-24-21-22-32-57(52)70)65-41-46-77-42-40-62(75)69-64(48-78-43-37-59(72)66-54-26-13-7-1-2-8-14-27-54,49-79-44-38-60(73)67-55-28-15-9-3-4-10-16-29-55)50-80-45-39-61(74)68-56-30-17-11-5-6-12-18-31-56/h19-25,32,54-56H,1-18,26-31,35-50H2,(H,65,71)(H,66,72)(H,67,73)(H,68,74)(H,69,75). The normalized spacial score (nSPS) is 17.3. The number of benzene rings is 2. The van der Waals surface area contributed by atoms with Crippen molar-refractivity contribution in [3.63, 3.8) is 0 Å². The Balaban J connectivity index is 1.02. The maximum Gasteiger partial charge on any atom is 0.227 e. The minimum absolute atomic E-state index is 0.00463. The molecule has 3 aliphatic carbocycles. The van der Waals surface area contributed by atoms with Crippen molar-refractivity contribution in [2.75, 3.05) is 64.3 Å². The maximum atomic E-state index is 13.9. The van der Waals surface area contributed by atoms with Crippen LogP contribution < -0.4 is 31.5 Å². The molecule has 5 N–H and O–H groups in total. The fourth-order valence-electron chi connectivity index (χ4n) is 11.3. The SMILES string of the molecule is O=C(CCC(=O)N1Cc2ccccc2C#Cc2ccccc21)NCCOCCC(=O)NC(COCCC(=O)NC1CCCCCCCC1)(COCCC(=O)NC1CCCCCCCC1)COCCC(=O)NC1CCCCCCCC1. The fourth-order valence-corrected chi connectivity index (χ4v) is 11.3. The number of carbonyl (C=O) groups excluding carboxylic acids is 6. The smallest absolute Gasteiger partial charge is 0.227 e. The van der Waals surface area contributed by atoms with E-state index in [1.165, 1.54) is 77.0 Å². The second kappa shape index (κ2) is 37.6. The summed E-state index contributed by atoms with van der Waals surface area (Å²) in [7, 11) is 0. The molecule has 2 aromatic carbocycles. The average molecular weight is 1110 g/mol. The van der Waals surface area contributed by atoms with Gasteiger partial charge < -0.3 is 50.4 Å². The van der Waals surface area contributed by atoms with Crippen LogP contribution >= 0.6 is 0 Å². The van der Waals surface area contributed by atoms with Gasteiger partial charge in [0.2, 0.25) is 35.4 Å². The first kappa shape index (κ1) is 63.8. The molecular formula is C64H96N6O10. The molecule has 6 amide bonds. The van der Waals surface area contributed by atoms with Gasteiger partial charge in [0.25, 0.3) is 0 Å². The number of rotatable bonds is 28. The molecule has 0 bridgehead atoms. The van der Waals surface area contributed by atoms with Crippen molar-refractivity contribution < 1.29 is 47.7 Å². The predicted molar refractivity (Wildman–Crippen MR) is 312 cm³/mol. The van der Waals surface area contributed by atoms with E-state index in [1.54, 1.807) is 4.90 Å². The zero-order valence-electron chi connectivity index (χ0n) is 48.2. The Hall–Kier alpha value is -5.34. The van der Waals surface area contributed by atoms with Gasteiger partial charge in [-0.1, -0.05) is 158 Å². The Kier molecular flexibility index (Phi) is 30.0. The summed E-state index contributed by atoms with van der Waals surface area (Å²) in [6, 6.07) is 15.7. The van der Waals surface area contributed by atoms with Gasteiger partial charge >= 0.3 is 0 Å². The van der Waals surface area contributed by atoms with E-state index in [0.717, 1.165) is 93.7 Å². The highest BCUT2D eigenvalue weighted by molar-refractivity contribution is 5.97. The van der Waals surface area contributed by atoms with E-state index in [1.807, 2.05) is 48.5 Å². The van der Waals surface area contributed by atoms with E-state index >= 15 is 0 Å². The number of ether oxygens (including phenoxy) is 4. The molecule has 0 radical (unpaired) electrons. The van der Waals surface area contributed by atoms with Crippen LogP contribution in [0, 0.1) is 11.8 Å². The molecule has 16 heteroatoms. The highest BCUT2D eigenvalue weighted by atomic mass is 16.5. The van der Waals surface area contributed by atoms with E-state index in [-0.39, 0.29) is 151 Å². The molecular weight excluding hydrogens is 1010 g/mol. The van der Waals surface area contributed by atoms with Gasteiger partial charge in [-0.25, -0.2) is 0 Å². The molecule has 3 saturated carbocycles. The first-order valence-corrected chi connectivity index (χ1v) is 30.9. The first-order chi connectivity index (χ1) is 39.1. The molecule has 2 aromatic rings. The van der Waals surface area contributed by atoms with Crippen LogP contribution in [0.5, 0.6) is 0 Å². The second-order valence-electron chi connectivity index (χ2n) is 22.7. The van der Waals surface area contributed by atoms with E-state index in [9.17, 15) is 28.8 Å². The molecule has 80 heavy (non-hydrogen) atoms. The lowest BCUT2D eigenvalue weighted by atomic mass is 10.0. The van der Waals surface area contributed by atoms with Crippen LogP contribution in [-0.2, 0) is 54.3 Å². The molecule has 6 rings (SSSR count). The Morgan fingerprint density at radius 3 is 1.32 bits per heavy atom. The number of para-hydroxylation sites is 1. The molecule has 442 valence electrons. The lowest BCUT2D eigenvalue weighted by Gasteiger charge is -2.34. The lowest BCUT2D eigenvalue weighted by Crippen LogP contribution is -2.59. The molecule has 1 aliphatic heterocycles. The summed E-state index contributed by atoms with van der Waals surface area (Å²) in [6.07, 6.45) is 27.3. The molecule has 0 spiro atoms. The van der Waals surface area contributed by atoms with Gasteiger partial charge in [-0.3, -0.25) is 28.8 Å². The number of nitrogens with one attached hydrogen (secondary N) is 5. The Labute approximate surface area is 477 Å². The molecule has 0 saturated heterocycles. The Morgan fingerprint density at radius 1 is 0.438 bits per heavy atom. The third-order valence-corrected chi connectivity index (χ3v) is 15.9. The number of fused-ring (bicyclic) bond motifs is 2. The third kappa shape index (κ3) is 25.2. The summed E-state index contributed by atoms with van der Waals surface area (Å²) in [4.78, 5) is 82.0. The zero-order valence-corrected chi connectivity index (χ0v) is 48.2. The van der Waals surface area contributed by atoms with Crippen molar-refractivity contribution in [3.8, 4) is 11.8 Å². The topological polar surface area (TPSA) is 203 Å². The van der Waals surface area contributed by atoms with Crippen molar-refractivity contribution in [1.82, 2.24) is 26.6 Å². The molecule has 0 atom stereocenters. The maximum absolute atomic E-state index is 13.9. The van der Waals surface area contributed by atoms with Crippen LogP contribution in [0.3, 0.4) is 0 Å². The number of hydrogen-bond acceptors (Lipinski definition) is 10. The summed E-state index contributed by atoms with van der Waals surface area (Å²) in [5, 5.41) is 15.7. The van der Waals surface area contributed by atoms with Crippen molar-refractivity contribution in [1.29, 1.82) is 0 Å². The van der Waals surface area contributed by atoms with Gasteiger partial charge in [-0.05, 0) is 62.3 Å². The van der Waals surface area contributed by atoms with Gasteiger partial charge in [-0.15, -0.1) is 0 Å². The lowest BCUT2D eigenvalue weighted by molar-refractivity contribution is -0.131. The van der Waals surface area contributed by atoms with Gasteiger partial charge in [-0.2, -0.15) is 0 Å². The molecule has 0 unspecified atom stereocenters. The summed E-state index contributed by atoms with van der Waals surface area (Å²) in [5.74, 6) is 5.35. The summed E-state index contributed by atoms with van der Waals surface area (Å²) < 4.78 is 24.5. The van der Waals surface area contributed by atoms with Crippen LogP contribution in [0.15, 0.2) is 48.5 Å². The molecule has 1 heterocycles. The number of nitrogens with zero attached hydrogens (tertiary/aromatic N) is 1. The summed E-state index contributed by atoms with van der Waals surface area (Å²) in [6.45, 7) is 0.833. The quantitative estimate of drug-likeness (QED) is 0.0404.